The van der Waals surface area contributed by atoms with Crippen molar-refractivity contribution in [1.29, 1.82) is 10.5 Å². The van der Waals surface area contributed by atoms with E-state index in [1.807, 2.05) is 13.0 Å². The molecule has 0 aromatic heterocycles. The summed E-state index contributed by atoms with van der Waals surface area (Å²) in [6.07, 6.45) is 0.715. The van der Waals surface area contributed by atoms with Crippen molar-refractivity contribution in [1.82, 2.24) is 0 Å². The van der Waals surface area contributed by atoms with Crippen LogP contribution in [0, 0.1) is 28.1 Å². The minimum atomic E-state index is -0.353. The maximum absolute atomic E-state index is 9.42. The lowest BCUT2D eigenvalue weighted by Crippen LogP contribution is -2.59. The Balaban J connectivity index is 2.59. The molecular formula is C12H18N2O3. The number of aliphatic hydroxyl groups is 1. The van der Waals surface area contributed by atoms with Gasteiger partial charge >= 0.3 is 0 Å². The van der Waals surface area contributed by atoms with Crippen molar-refractivity contribution >= 4 is 0 Å². The highest BCUT2D eigenvalue weighted by Crippen LogP contribution is 2.41. The molecule has 0 bridgehead atoms. The SMILES string of the molecule is CCC1(CO)COC1C(CC#N)OCCC#N. The van der Waals surface area contributed by atoms with Gasteiger partial charge < -0.3 is 14.6 Å². The van der Waals surface area contributed by atoms with Crippen molar-refractivity contribution in [3.8, 4) is 12.1 Å². The highest BCUT2D eigenvalue weighted by Gasteiger charge is 2.50. The Morgan fingerprint density at radius 3 is 2.71 bits per heavy atom. The lowest BCUT2D eigenvalue weighted by Gasteiger charge is -2.50. The topological polar surface area (TPSA) is 86.3 Å². The molecule has 3 atom stereocenters. The second-order valence-corrected chi connectivity index (χ2v) is 4.29. The van der Waals surface area contributed by atoms with Crippen molar-refractivity contribution in [2.24, 2.45) is 5.41 Å². The molecule has 17 heavy (non-hydrogen) atoms. The molecule has 1 rings (SSSR count). The summed E-state index contributed by atoms with van der Waals surface area (Å²) in [5, 5.41) is 26.6. The summed E-state index contributed by atoms with van der Waals surface area (Å²) in [6.45, 7) is 2.84. The van der Waals surface area contributed by atoms with E-state index in [1.54, 1.807) is 0 Å². The number of rotatable bonds is 7. The van der Waals surface area contributed by atoms with Crippen LogP contribution in [0.25, 0.3) is 0 Å². The average molecular weight is 238 g/mol. The molecule has 5 heteroatoms. The fraction of sp³-hybridized carbons (Fsp3) is 0.833. The van der Waals surface area contributed by atoms with Crippen LogP contribution in [0.4, 0.5) is 0 Å². The van der Waals surface area contributed by atoms with Crippen LogP contribution in [0.15, 0.2) is 0 Å². The van der Waals surface area contributed by atoms with Gasteiger partial charge in [-0.25, -0.2) is 0 Å². The van der Waals surface area contributed by atoms with E-state index in [4.69, 9.17) is 20.0 Å². The van der Waals surface area contributed by atoms with Gasteiger partial charge in [0, 0.05) is 5.41 Å². The summed E-state index contributed by atoms with van der Waals surface area (Å²) in [5.41, 5.74) is -0.284. The third kappa shape index (κ3) is 2.95. The van der Waals surface area contributed by atoms with E-state index in [1.165, 1.54) is 0 Å². The Morgan fingerprint density at radius 1 is 1.53 bits per heavy atom. The monoisotopic (exact) mass is 238 g/mol. The molecular weight excluding hydrogens is 220 g/mol. The molecule has 0 aliphatic carbocycles. The molecule has 0 amide bonds. The smallest absolute Gasteiger partial charge is 0.0973 e. The molecule has 1 saturated heterocycles. The molecule has 94 valence electrons. The van der Waals surface area contributed by atoms with Crippen molar-refractivity contribution in [2.75, 3.05) is 19.8 Å². The summed E-state index contributed by atoms with van der Waals surface area (Å²) >= 11 is 0. The van der Waals surface area contributed by atoms with E-state index in [-0.39, 0.29) is 30.7 Å². The number of nitriles is 2. The third-order valence-corrected chi connectivity index (χ3v) is 3.35. The van der Waals surface area contributed by atoms with E-state index >= 15 is 0 Å². The van der Waals surface area contributed by atoms with E-state index in [2.05, 4.69) is 6.07 Å². The van der Waals surface area contributed by atoms with Crippen LogP contribution in [0.5, 0.6) is 0 Å². The van der Waals surface area contributed by atoms with Crippen LogP contribution in [0.1, 0.15) is 26.2 Å². The molecule has 0 aromatic carbocycles. The first-order chi connectivity index (χ1) is 8.24. The first-order valence-corrected chi connectivity index (χ1v) is 5.82. The van der Waals surface area contributed by atoms with Gasteiger partial charge in [0.15, 0.2) is 0 Å². The van der Waals surface area contributed by atoms with Gasteiger partial charge in [-0.15, -0.1) is 0 Å². The van der Waals surface area contributed by atoms with Gasteiger partial charge in [0.25, 0.3) is 0 Å². The standard InChI is InChI=1S/C12H18N2O3/c1-2-12(8-15)9-17-11(12)10(4-6-14)16-7-3-5-13/h10-11,15H,2-4,7-9H2,1H3. The van der Waals surface area contributed by atoms with Crippen molar-refractivity contribution < 1.29 is 14.6 Å². The van der Waals surface area contributed by atoms with Gasteiger partial charge in [-0.05, 0) is 6.42 Å². The minimum Gasteiger partial charge on any atom is -0.396 e. The van der Waals surface area contributed by atoms with Crippen LogP contribution < -0.4 is 0 Å². The van der Waals surface area contributed by atoms with E-state index in [9.17, 15) is 5.11 Å². The Kier molecular flexibility index (Phi) is 5.37. The number of hydrogen-bond acceptors (Lipinski definition) is 5. The van der Waals surface area contributed by atoms with Gasteiger partial charge in [0.05, 0.1) is 57.0 Å². The molecule has 5 nitrogen and oxygen atoms in total. The molecule has 0 radical (unpaired) electrons. The molecule has 0 spiro atoms. The van der Waals surface area contributed by atoms with Crippen LogP contribution in [0.3, 0.4) is 0 Å². The normalized spacial score (nSPS) is 28.8. The lowest BCUT2D eigenvalue weighted by molar-refractivity contribution is -0.248. The van der Waals surface area contributed by atoms with Crippen LogP contribution >= 0.6 is 0 Å². The number of ether oxygens (including phenoxy) is 2. The molecule has 1 aliphatic heterocycles. The molecule has 0 aromatic rings. The van der Waals surface area contributed by atoms with E-state index in [0.717, 1.165) is 6.42 Å². The number of nitrogens with zero attached hydrogens (tertiary/aromatic N) is 2. The predicted octanol–water partition coefficient (Wildman–Crippen LogP) is 0.986. The lowest BCUT2D eigenvalue weighted by atomic mass is 9.73. The van der Waals surface area contributed by atoms with Gasteiger partial charge in [-0.3, -0.25) is 0 Å². The molecule has 1 heterocycles. The Bertz CT molecular complexity index is 309. The largest absolute Gasteiger partial charge is 0.396 e. The highest BCUT2D eigenvalue weighted by molar-refractivity contribution is 5.00. The van der Waals surface area contributed by atoms with Gasteiger partial charge in [-0.1, -0.05) is 6.92 Å². The Hall–Kier alpha value is -1.14. The summed E-state index contributed by atoms with van der Waals surface area (Å²) in [6, 6.07) is 4.05. The molecule has 3 unspecified atom stereocenters. The van der Waals surface area contributed by atoms with Crippen molar-refractivity contribution in [2.45, 2.75) is 38.4 Å². The fourth-order valence-corrected chi connectivity index (χ4v) is 2.07. The van der Waals surface area contributed by atoms with Crippen LogP contribution in [0.2, 0.25) is 0 Å². The van der Waals surface area contributed by atoms with Crippen molar-refractivity contribution in [3.63, 3.8) is 0 Å². The molecule has 1 fully saturated rings. The van der Waals surface area contributed by atoms with E-state index < -0.39 is 0 Å². The third-order valence-electron chi connectivity index (χ3n) is 3.35. The van der Waals surface area contributed by atoms with Gasteiger partial charge in [0.1, 0.15) is 0 Å². The average Bonchev–Trinajstić information content (AvgIpc) is 2.30. The maximum Gasteiger partial charge on any atom is 0.0973 e. The summed E-state index contributed by atoms with van der Waals surface area (Å²) in [5.74, 6) is 0. The number of hydrogen-bond donors (Lipinski definition) is 1. The minimum absolute atomic E-state index is 0.0394. The summed E-state index contributed by atoms with van der Waals surface area (Å²) in [7, 11) is 0. The van der Waals surface area contributed by atoms with Gasteiger partial charge in [0.2, 0.25) is 0 Å². The summed E-state index contributed by atoms with van der Waals surface area (Å²) < 4.78 is 11.0. The first kappa shape index (κ1) is 13.9. The van der Waals surface area contributed by atoms with Crippen LogP contribution in [-0.4, -0.2) is 37.1 Å². The zero-order chi connectivity index (χ0) is 12.7. The highest BCUT2D eigenvalue weighted by atomic mass is 16.6. The summed E-state index contributed by atoms with van der Waals surface area (Å²) in [4.78, 5) is 0. The maximum atomic E-state index is 9.42. The second kappa shape index (κ2) is 6.56. The predicted molar refractivity (Wildman–Crippen MR) is 59.7 cm³/mol. The van der Waals surface area contributed by atoms with Crippen molar-refractivity contribution in [3.05, 3.63) is 0 Å². The number of aliphatic hydroxyl groups excluding tert-OH is 1. The first-order valence-electron chi connectivity index (χ1n) is 5.82. The van der Waals surface area contributed by atoms with E-state index in [0.29, 0.717) is 19.6 Å². The molecule has 0 saturated carbocycles. The quantitative estimate of drug-likeness (QED) is 0.668. The second-order valence-electron chi connectivity index (χ2n) is 4.29. The van der Waals surface area contributed by atoms with Crippen LogP contribution in [-0.2, 0) is 9.47 Å². The zero-order valence-corrected chi connectivity index (χ0v) is 10.1. The molecule has 1 aliphatic rings. The zero-order valence-electron chi connectivity index (χ0n) is 10.1. The van der Waals surface area contributed by atoms with Gasteiger partial charge in [-0.2, -0.15) is 10.5 Å². The Labute approximate surface area is 102 Å². The molecule has 1 N–H and O–H groups in total. The Morgan fingerprint density at radius 2 is 2.29 bits per heavy atom. The fourth-order valence-electron chi connectivity index (χ4n) is 2.07.